The van der Waals surface area contributed by atoms with Gasteiger partial charge in [0.2, 0.25) is 10.0 Å². The standard InChI is InChI=1S/C25H30ClN3O3S/c26-20-8-4-7-19-23(20)24-21(28-25(19)30)15-22(24)33(31,32)27-12-9-17-10-13-29(14-11-17)16-18-5-2-1-3-6-18/h1-8,17,21-22,24,27H,9-16H2,(H,28,30)/t21-,22-,24-/m1/s1. The smallest absolute Gasteiger partial charge is 0.251 e. The summed E-state index contributed by atoms with van der Waals surface area (Å²) in [6.45, 7) is 3.54. The monoisotopic (exact) mass is 487 g/mol. The van der Waals surface area contributed by atoms with Crippen LogP contribution in [0.15, 0.2) is 48.5 Å². The van der Waals surface area contributed by atoms with Crippen molar-refractivity contribution < 1.29 is 13.2 Å². The highest BCUT2D eigenvalue weighted by molar-refractivity contribution is 7.90. The zero-order chi connectivity index (χ0) is 23.0. The number of rotatable bonds is 7. The molecule has 1 saturated carbocycles. The van der Waals surface area contributed by atoms with Gasteiger partial charge in [-0.05, 0) is 68.0 Å². The van der Waals surface area contributed by atoms with Crippen LogP contribution in [0.5, 0.6) is 0 Å². The molecule has 0 spiro atoms. The molecule has 176 valence electrons. The second kappa shape index (κ2) is 9.37. The van der Waals surface area contributed by atoms with Crippen LogP contribution in [0.3, 0.4) is 0 Å². The minimum atomic E-state index is -3.49. The van der Waals surface area contributed by atoms with Crippen molar-refractivity contribution >= 4 is 27.5 Å². The highest BCUT2D eigenvalue weighted by Crippen LogP contribution is 2.47. The first kappa shape index (κ1) is 22.8. The van der Waals surface area contributed by atoms with E-state index in [4.69, 9.17) is 11.6 Å². The summed E-state index contributed by atoms with van der Waals surface area (Å²) < 4.78 is 29.0. The Bertz CT molecular complexity index is 1120. The van der Waals surface area contributed by atoms with E-state index in [1.165, 1.54) is 5.56 Å². The van der Waals surface area contributed by atoms with Crippen LogP contribution in [0.4, 0.5) is 0 Å². The van der Waals surface area contributed by atoms with Gasteiger partial charge in [-0.3, -0.25) is 9.69 Å². The molecular formula is C25H30ClN3O3S. The van der Waals surface area contributed by atoms with Gasteiger partial charge in [-0.25, -0.2) is 13.1 Å². The summed E-state index contributed by atoms with van der Waals surface area (Å²) >= 11 is 6.39. The highest BCUT2D eigenvalue weighted by Gasteiger charge is 2.53. The number of nitrogens with one attached hydrogen (secondary N) is 2. The predicted molar refractivity (Wildman–Crippen MR) is 130 cm³/mol. The SMILES string of the molecule is O=C1N[C@@H]2C[C@@H](S(=O)(=O)NCCC3CCN(Cc4ccccc4)CC3)[C@@H]2c2c(Cl)cccc21. The molecule has 2 fully saturated rings. The second-order valence-corrected chi connectivity index (χ2v) is 11.9. The number of carbonyl (C=O) groups excluding carboxylic acids is 1. The molecule has 3 atom stereocenters. The molecule has 2 aromatic carbocycles. The molecule has 0 radical (unpaired) electrons. The Kier molecular flexibility index (Phi) is 6.49. The number of piperidine rings is 1. The molecule has 2 aromatic rings. The largest absolute Gasteiger partial charge is 0.349 e. The summed E-state index contributed by atoms with van der Waals surface area (Å²) in [4.78, 5) is 14.8. The van der Waals surface area contributed by atoms with E-state index in [-0.39, 0.29) is 17.9 Å². The molecule has 1 aliphatic carbocycles. The van der Waals surface area contributed by atoms with Gasteiger partial charge in [0.1, 0.15) is 0 Å². The number of likely N-dealkylation sites (tertiary alicyclic amines) is 1. The summed E-state index contributed by atoms with van der Waals surface area (Å²) in [7, 11) is -3.49. The molecule has 2 N–H and O–H groups in total. The van der Waals surface area contributed by atoms with Crippen molar-refractivity contribution in [1.82, 2.24) is 14.9 Å². The maximum absolute atomic E-state index is 13.1. The Morgan fingerprint density at radius 3 is 2.58 bits per heavy atom. The van der Waals surface area contributed by atoms with Crippen molar-refractivity contribution in [3.8, 4) is 0 Å². The lowest BCUT2D eigenvalue weighted by Gasteiger charge is -2.48. The van der Waals surface area contributed by atoms with Crippen molar-refractivity contribution in [3.05, 3.63) is 70.2 Å². The Morgan fingerprint density at radius 1 is 1.06 bits per heavy atom. The second-order valence-electron chi connectivity index (χ2n) is 9.51. The third-order valence-electron chi connectivity index (χ3n) is 7.48. The highest BCUT2D eigenvalue weighted by atomic mass is 35.5. The van der Waals surface area contributed by atoms with Crippen LogP contribution in [0.1, 0.15) is 53.1 Å². The van der Waals surface area contributed by atoms with Gasteiger partial charge in [-0.15, -0.1) is 0 Å². The average Bonchev–Trinajstić information content (AvgIpc) is 2.78. The van der Waals surface area contributed by atoms with E-state index in [0.29, 0.717) is 35.0 Å². The van der Waals surface area contributed by atoms with Crippen molar-refractivity contribution in [2.75, 3.05) is 19.6 Å². The molecule has 2 aliphatic heterocycles. The van der Waals surface area contributed by atoms with Gasteiger partial charge in [0.25, 0.3) is 5.91 Å². The number of hydrogen-bond acceptors (Lipinski definition) is 4. The van der Waals surface area contributed by atoms with E-state index in [0.717, 1.165) is 38.9 Å². The van der Waals surface area contributed by atoms with Crippen LogP contribution in [-0.4, -0.2) is 50.2 Å². The summed E-state index contributed by atoms with van der Waals surface area (Å²) in [5, 5.41) is 2.85. The summed E-state index contributed by atoms with van der Waals surface area (Å²) in [5.41, 5.74) is 2.51. The predicted octanol–water partition coefficient (Wildman–Crippen LogP) is 3.53. The molecule has 0 unspecified atom stereocenters. The Morgan fingerprint density at radius 2 is 1.82 bits per heavy atom. The molecule has 1 amide bonds. The molecular weight excluding hydrogens is 458 g/mol. The Balaban J connectivity index is 1.13. The minimum Gasteiger partial charge on any atom is -0.349 e. The van der Waals surface area contributed by atoms with E-state index in [1.54, 1.807) is 18.2 Å². The van der Waals surface area contributed by atoms with Gasteiger partial charge in [0.05, 0.1) is 5.25 Å². The molecule has 6 nitrogen and oxygen atoms in total. The Labute approximate surface area is 200 Å². The quantitative estimate of drug-likeness (QED) is 0.626. The zero-order valence-corrected chi connectivity index (χ0v) is 20.1. The van der Waals surface area contributed by atoms with E-state index >= 15 is 0 Å². The van der Waals surface area contributed by atoms with E-state index in [2.05, 4.69) is 39.2 Å². The number of nitrogens with zero attached hydrogens (tertiary/aromatic N) is 1. The molecule has 0 aromatic heterocycles. The fourth-order valence-electron chi connectivity index (χ4n) is 5.57. The van der Waals surface area contributed by atoms with Crippen LogP contribution in [-0.2, 0) is 16.6 Å². The summed E-state index contributed by atoms with van der Waals surface area (Å²) in [6, 6.07) is 15.5. The first-order valence-electron chi connectivity index (χ1n) is 11.8. The topological polar surface area (TPSA) is 78.5 Å². The van der Waals surface area contributed by atoms with Crippen LogP contribution < -0.4 is 10.0 Å². The maximum Gasteiger partial charge on any atom is 0.251 e. The summed E-state index contributed by atoms with van der Waals surface area (Å²) in [5.74, 6) is 0.0827. The fourth-order valence-corrected chi connectivity index (χ4v) is 7.66. The summed E-state index contributed by atoms with van der Waals surface area (Å²) in [6.07, 6.45) is 3.47. The van der Waals surface area contributed by atoms with Gasteiger partial charge < -0.3 is 5.32 Å². The number of carbonyl (C=O) groups is 1. The third kappa shape index (κ3) is 4.69. The molecule has 8 heteroatoms. The zero-order valence-electron chi connectivity index (χ0n) is 18.5. The normalized spacial score (nSPS) is 25.6. The van der Waals surface area contributed by atoms with Crippen LogP contribution >= 0.6 is 11.6 Å². The molecule has 5 rings (SSSR count). The van der Waals surface area contributed by atoms with E-state index in [1.807, 2.05) is 6.07 Å². The number of sulfonamides is 1. The lowest BCUT2D eigenvalue weighted by Crippen LogP contribution is -2.61. The van der Waals surface area contributed by atoms with Crippen LogP contribution in [0.2, 0.25) is 5.02 Å². The third-order valence-corrected chi connectivity index (χ3v) is 9.70. The first-order chi connectivity index (χ1) is 15.9. The van der Waals surface area contributed by atoms with Crippen molar-refractivity contribution in [2.45, 2.75) is 49.4 Å². The van der Waals surface area contributed by atoms with Crippen LogP contribution in [0, 0.1) is 5.92 Å². The molecule has 2 heterocycles. The number of benzene rings is 2. The lowest BCUT2D eigenvalue weighted by molar-refractivity contribution is 0.0879. The molecule has 3 aliphatic rings. The lowest BCUT2D eigenvalue weighted by atomic mass is 9.70. The fraction of sp³-hybridized carbons (Fsp3) is 0.480. The van der Waals surface area contributed by atoms with Gasteiger partial charge in [0, 0.05) is 35.6 Å². The number of hydrogen-bond donors (Lipinski definition) is 2. The minimum absolute atomic E-state index is 0.166. The van der Waals surface area contributed by atoms with Gasteiger partial charge in [0.15, 0.2) is 0 Å². The van der Waals surface area contributed by atoms with Gasteiger partial charge >= 0.3 is 0 Å². The van der Waals surface area contributed by atoms with Gasteiger partial charge in [-0.2, -0.15) is 0 Å². The van der Waals surface area contributed by atoms with E-state index in [9.17, 15) is 13.2 Å². The van der Waals surface area contributed by atoms with Gasteiger partial charge in [-0.1, -0.05) is 48.0 Å². The number of fused-ring (bicyclic) bond motifs is 3. The Hall–Kier alpha value is -1.93. The average molecular weight is 488 g/mol. The maximum atomic E-state index is 13.1. The molecule has 1 saturated heterocycles. The number of amides is 1. The number of halogens is 1. The van der Waals surface area contributed by atoms with Crippen molar-refractivity contribution in [2.24, 2.45) is 5.92 Å². The molecule has 33 heavy (non-hydrogen) atoms. The van der Waals surface area contributed by atoms with E-state index < -0.39 is 15.3 Å². The van der Waals surface area contributed by atoms with Crippen molar-refractivity contribution in [3.63, 3.8) is 0 Å². The van der Waals surface area contributed by atoms with Crippen LogP contribution in [0.25, 0.3) is 0 Å². The van der Waals surface area contributed by atoms with Crippen molar-refractivity contribution in [1.29, 1.82) is 0 Å². The first-order valence-corrected chi connectivity index (χ1v) is 13.7. The molecule has 0 bridgehead atoms.